The Balaban J connectivity index is 2.41. The fraction of sp³-hybridized carbons (Fsp3) is 0.308. The van der Waals surface area contributed by atoms with Gasteiger partial charge in [-0.3, -0.25) is 0 Å². The number of aliphatic hydroxyl groups excluding tert-OH is 1. The maximum Gasteiger partial charge on any atom is 0.172 e. The fourth-order valence-corrected chi connectivity index (χ4v) is 2.79. The van der Waals surface area contributed by atoms with E-state index < -0.39 is 6.10 Å². The molecule has 1 aromatic heterocycles. The van der Waals surface area contributed by atoms with Crippen LogP contribution in [0.25, 0.3) is 0 Å². The van der Waals surface area contributed by atoms with Gasteiger partial charge in [-0.05, 0) is 19.1 Å². The molecule has 0 amide bonds. The van der Waals surface area contributed by atoms with E-state index in [1.807, 2.05) is 36.0 Å². The van der Waals surface area contributed by atoms with Crippen LogP contribution < -0.4 is 4.74 Å². The molecule has 0 saturated carbocycles. The SMILES string of the molecule is COc1cccc(Sc2nccn2C)c1[C@H](C)O. The molecule has 0 bridgehead atoms. The molecule has 0 radical (unpaired) electrons. The Morgan fingerprint density at radius 3 is 2.78 bits per heavy atom. The van der Waals surface area contributed by atoms with Gasteiger partial charge in [-0.15, -0.1) is 0 Å². The number of aliphatic hydroxyl groups is 1. The van der Waals surface area contributed by atoms with Crippen LogP contribution in [0, 0.1) is 0 Å². The predicted molar refractivity (Wildman–Crippen MR) is 71.0 cm³/mol. The summed E-state index contributed by atoms with van der Waals surface area (Å²) in [4.78, 5) is 5.23. The molecule has 1 aromatic carbocycles. The van der Waals surface area contributed by atoms with E-state index in [0.29, 0.717) is 5.75 Å². The molecule has 0 saturated heterocycles. The summed E-state index contributed by atoms with van der Waals surface area (Å²) in [7, 11) is 3.55. The number of aryl methyl sites for hydroxylation is 1. The minimum absolute atomic E-state index is 0.580. The standard InChI is InChI=1S/C13H16N2O2S/c1-9(16)12-10(17-3)5-4-6-11(12)18-13-14-7-8-15(13)2/h4-9,16H,1-3H3/t9-/m0/s1. The molecule has 18 heavy (non-hydrogen) atoms. The van der Waals surface area contributed by atoms with E-state index in [-0.39, 0.29) is 0 Å². The van der Waals surface area contributed by atoms with Crippen molar-refractivity contribution < 1.29 is 9.84 Å². The highest BCUT2D eigenvalue weighted by atomic mass is 32.2. The van der Waals surface area contributed by atoms with Gasteiger partial charge in [0, 0.05) is 29.9 Å². The zero-order valence-corrected chi connectivity index (χ0v) is 11.4. The van der Waals surface area contributed by atoms with Crippen LogP contribution in [0.4, 0.5) is 0 Å². The number of rotatable bonds is 4. The van der Waals surface area contributed by atoms with E-state index >= 15 is 0 Å². The van der Waals surface area contributed by atoms with Crippen molar-refractivity contribution >= 4 is 11.8 Å². The minimum atomic E-state index is -0.580. The molecule has 0 fully saturated rings. The average Bonchev–Trinajstić information content (AvgIpc) is 2.74. The third-order valence-corrected chi connectivity index (χ3v) is 3.79. The average molecular weight is 264 g/mol. The Morgan fingerprint density at radius 2 is 2.22 bits per heavy atom. The first-order chi connectivity index (χ1) is 8.63. The molecule has 2 rings (SSSR count). The summed E-state index contributed by atoms with van der Waals surface area (Å²) in [6.45, 7) is 1.74. The van der Waals surface area contributed by atoms with Gasteiger partial charge in [-0.1, -0.05) is 17.8 Å². The monoisotopic (exact) mass is 264 g/mol. The highest BCUT2D eigenvalue weighted by Crippen LogP contribution is 2.37. The van der Waals surface area contributed by atoms with Crippen molar-refractivity contribution in [2.45, 2.75) is 23.1 Å². The van der Waals surface area contributed by atoms with Crippen molar-refractivity contribution in [2.24, 2.45) is 7.05 Å². The number of hydrogen-bond acceptors (Lipinski definition) is 4. The van der Waals surface area contributed by atoms with Crippen LogP contribution in [0.3, 0.4) is 0 Å². The maximum atomic E-state index is 9.89. The molecule has 0 unspecified atom stereocenters. The van der Waals surface area contributed by atoms with Crippen LogP contribution >= 0.6 is 11.8 Å². The molecule has 0 spiro atoms. The lowest BCUT2D eigenvalue weighted by molar-refractivity contribution is 0.191. The van der Waals surface area contributed by atoms with Gasteiger partial charge in [0.05, 0.1) is 13.2 Å². The van der Waals surface area contributed by atoms with Crippen LogP contribution in [0.15, 0.2) is 40.6 Å². The number of methoxy groups -OCH3 is 1. The summed E-state index contributed by atoms with van der Waals surface area (Å²) in [5.41, 5.74) is 0.799. The van der Waals surface area contributed by atoms with E-state index in [4.69, 9.17) is 4.74 Å². The van der Waals surface area contributed by atoms with Gasteiger partial charge < -0.3 is 14.4 Å². The van der Waals surface area contributed by atoms with Gasteiger partial charge in [0.1, 0.15) is 5.75 Å². The number of nitrogens with zero attached hydrogens (tertiary/aromatic N) is 2. The number of hydrogen-bond donors (Lipinski definition) is 1. The Kier molecular flexibility index (Phi) is 3.93. The molecule has 0 aliphatic heterocycles. The molecule has 0 aliphatic rings. The van der Waals surface area contributed by atoms with Crippen molar-refractivity contribution in [3.05, 3.63) is 36.2 Å². The lowest BCUT2D eigenvalue weighted by atomic mass is 10.1. The van der Waals surface area contributed by atoms with Gasteiger partial charge in [0.2, 0.25) is 0 Å². The summed E-state index contributed by atoms with van der Waals surface area (Å²) in [5.74, 6) is 0.698. The summed E-state index contributed by atoms with van der Waals surface area (Å²) in [6.07, 6.45) is 3.07. The molecule has 4 nitrogen and oxygen atoms in total. The van der Waals surface area contributed by atoms with Crippen LogP contribution in [0.2, 0.25) is 0 Å². The largest absolute Gasteiger partial charge is 0.496 e. The van der Waals surface area contributed by atoms with Gasteiger partial charge in [0.25, 0.3) is 0 Å². The van der Waals surface area contributed by atoms with Crippen LogP contribution in [-0.4, -0.2) is 21.8 Å². The van der Waals surface area contributed by atoms with Crippen molar-refractivity contribution in [2.75, 3.05) is 7.11 Å². The van der Waals surface area contributed by atoms with Gasteiger partial charge >= 0.3 is 0 Å². The second-order valence-corrected chi connectivity index (χ2v) is 4.98. The van der Waals surface area contributed by atoms with Crippen molar-refractivity contribution in [3.63, 3.8) is 0 Å². The smallest absolute Gasteiger partial charge is 0.172 e. The highest BCUT2D eigenvalue weighted by Gasteiger charge is 2.16. The van der Waals surface area contributed by atoms with Gasteiger partial charge in [0.15, 0.2) is 5.16 Å². The van der Waals surface area contributed by atoms with E-state index in [2.05, 4.69) is 4.98 Å². The second kappa shape index (κ2) is 5.46. The van der Waals surface area contributed by atoms with Crippen molar-refractivity contribution in [1.82, 2.24) is 9.55 Å². The summed E-state index contributed by atoms with van der Waals surface area (Å²) >= 11 is 1.52. The number of ether oxygens (including phenoxy) is 1. The molecule has 96 valence electrons. The van der Waals surface area contributed by atoms with Crippen molar-refractivity contribution in [3.8, 4) is 5.75 Å². The van der Waals surface area contributed by atoms with E-state index in [1.165, 1.54) is 11.8 Å². The fourth-order valence-electron chi connectivity index (χ4n) is 1.75. The first kappa shape index (κ1) is 13.0. The van der Waals surface area contributed by atoms with E-state index in [0.717, 1.165) is 15.6 Å². The van der Waals surface area contributed by atoms with Crippen LogP contribution in [0.5, 0.6) is 5.75 Å². The van der Waals surface area contributed by atoms with E-state index in [1.54, 1.807) is 20.2 Å². The highest BCUT2D eigenvalue weighted by molar-refractivity contribution is 7.99. The lowest BCUT2D eigenvalue weighted by Gasteiger charge is -2.15. The molecule has 1 atom stereocenters. The molecule has 0 aliphatic carbocycles. The summed E-state index contributed by atoms with van der Waals surface area (Å²) in [5, 5.41) is 10.8. The van der Waals surface area contributed by atoms with Gasteiger partial charge in [-0.2, -0.15) is 0 Å². The van der Waals surface area contributed by atoms with Gasteiger partial charge in [-0.25, -0.2) is 4.98 Å². The van der Waals surface area contributed by atoms with Crippen molar-refractivity contribution in [1.29, 1.82) is 0 Å². The zero-order valence-electron chi connectivity index (χ0n) is 10.6. The number of aromatic nitrogens is 2. The van der Waals surface area contributed by atoms with E-state index in [9.17, 15) is 5.11 Å². The molecule has 2 aromatic rings. The minimum Gasteiger partial charge on any atom is -0.496 e. The molecule has 1 heterocycles. The quantitative estimate of drug-likeness (QED) is 0.922. The Bertz CT molecular complexity index is 538. The third kappa shape index (κ3) is 2.52. The zero-order chi connectivity index (χ0) is 13.1. The predicted octanol–water partition coefficient (Wildman–Crippen LogP) is 2.63. The Morgan fingerprint density at radius 1 is 1.44 bits per heavy atom. The second-order valence-electron chi connectivity index (χ2n) is 3.97. The third-order valence-electron chi connectivity index (χ3n) is 2.64. The molecule has 5 heteroatoms. The normalized spacial score (nSPS) is 12.4. The molecular formula is C13H16N2O2S. The molecular weight excluding hydrogens is 248 g/mol. The first-order valence-electron chi connectivity index (χ1n) is 5.63. The number of benzene rings is 1. The molecule has 1 N–H and O–H groups in total. The first-order valence-corrected chi connectivity index (χ1v) is 6.45. The van der Waals surface area contributed by atoms with Crippen LogP contribution in [-0.2, 0) is 7.05 Å². The summed E-state index contributed by atoms with van der Waals surface area (Å²) in [6, 6.07) is 5.73. The van der Waals surface area contributed by atoms with Crippen LogP contribution in [0.1, 0.15) is 18.6 Å². The topological polar surface area (TPSA) is 47.3 Å². The summed E-state index contributed by atoms with van der Waals surface area (Å²) < 4.78 is 7.24. The number of imidazole rings is 1. The Hall–Kier alpha value is -1.46. The lowest BCUT2D eigenvalue weighted by Crippen LogP contribution is -1.99. The Labute approximate surface area is 111 Å². The maximum absolute atomic E-state index is 9.89.